The number of anilines is 1. The van der Waals surface area contributed by atoms with Crippen molar-refractivity contribution in [3.8, 4) is 0 Å². The highest BCUT2D eigenvalue weighted by Gasteiger charge is 2.46. The summed E-state index contributed by atoms with van der Waals surface area (Å²) >= 11 is 0. The van der Waals surface area contributed by atoms with Gasteiger partial charge in [0.1, 0.15) is 5.82 Å². The summed E-state index contributed by atoms with van der Waals surface area (Å²) in [7, 11) is 1.69. The molecule has 1 N–H and O–H groups in total. The highest BCUT2D eigenvalue weighted by Crippen LogP contribution is 2.37. The summed E-state index contributed by atoms with van der Waals surface area (Å²) in [5.74, 6) is -0.627. The fraction of sp³-hybridized carbons (Fsp3) is 0.611. The number of hydrogen-bond donors (Lipinski definition) is 1. The van der Waals surface area contributed by atoms with Gasteiger partial charge in [0, 0.05) is 26.8 Å². The molecule has 0 radical (unpaired) electrons. The summed E-state index contributed by atoms with van der Waals surface area (Å²) in [4.78, 5) is 14.3. The Morgan fingerprint density at radius 1 is 1.50 bits per heavy atom. The molecule has 6 heteroatoms. The number of benzene rings is 1. The Morgan fingerprint density at radius 2 is 2.33 bits per heavy atom. The van der Waals surface area contributed by atoms with Crippen molar-refractivity contribution in [1.29, 1.82) is 0 Å². The number of amides is 1. The number of carbonyl (C=O) groups excluding carboxylic acids is 1. The minimum absolute atomic E-state index is 0.0303. The molecule has 2 saturated heterocycles. The van der Waals surface area contributed by atoms with E-state index >= 15 is 0 Å². The van der Waals surface area contributed by atoms with Gasteiger partial charge in [0.25, 0.3) is 0 Å². The van der Waals surface area contributed by atoms with Crippen molar-refractivity contribution in [2.75, 3.05) is 38.7 Å². The normalized spacial score (nSPS) is 27.5. The molecule has 2 aliphatic heterocycles. The second-order valence-electron chi connectivity index (χ2n) is 6.76. The first kappa shape index (κ1) is 17.3. The van der Waals surface area contributed by atoms with Crippen molar-refractivity contribution in [2.45, 2.75) is 37.9 Å². The molecule has 1 aromatic carbocycles. The maximum absolute atomic E-state index is 13.8. The highest BCUT2D eigenvalue weighted by atomic mass is 19.1. The zero-order valence-electron chi connectivity index (χ0n) is 14.3. The van der Waals surface area contributed by atoms with Crippen LogP contribution in [0.1, 0.15) is 24.8 Å². The lowest BCUT2D eigenvalue weighted by Gasteiger charge is -2.44. The molecule has 0 bridgehead atoms. The van der Waals surface area contributed by atoms with Crippen LogP contribution in [-0.2, 0) is 14.3 Å². The van der Waals surface area contributed by atoms with Crippen LogP contribution in [0.25, 0.3) is 0 Å². The molecule has 1 aromatic rings. The molecule has 2 heterocycles. The number of hydrogen-bond acceptors (Lipinski definition) is 4. The predicted molar refractivity (Wildman–Crippen MR) is 89.5 cm³/mol. The van der Waals surface area contributed by atoms with Crippen LogP contribution >= 0.6 is 0 Å². The number of aryl methyl sites for hydroxylation is 1. The van der Waals surface area contributed by atoms with Crippen LogP contribution in [0.3, 0.4) is 0 Å². The van der Waals surface area contributed by atoms with E-state index in [1.165, 1.54) is 6.07 Å². The summed E-state index contributed by atoms with van der Waals surface area (Å²) < 4.78 is 25.4. The van der Waals surface area contributed by atoms with Gasteiger partial charge in [0.2, 0.25) is 5.91 Å². The van der Waals surface area contributed by atoms with E-state index in [0.717, 1.165) is 38.0 Å². The van der Waals surface area contributed by atoms with Gasteiger partial charge in [-0.3, -0.25) is 9.69 Å². The lowest BCUT2D eigenvalue weighted by Crippen LogP contribution is -2.57. The van der Waals surface area contributed by atoms with Crippen LogP contribution in [0.5, 0.6) is 0 Å². The van der Waals surface area contributed by atoms with Crippen molar-refractivity contribution in [3.05, 3.63) is 29.6 Å². The number of ether oxygens (including phenoxy) is 2. The molecule has 132 valence electrons. The number of nitrogens with one attached hydrogen (secondary N) is 1. The lowest BCUT2D eigenvalue weighted by molar-refractivity contribution is -0.145. The topological polar surface area (TPSA) is 50.8 Å². The van der Waals surface area contributed by atoms with Gasteiger partial charge in [-0.2, -0.15) is 0 Å². The number of carbonyl (C=O) groups is 1. The molecular formula is C18H25FN2O3. The average molecular weight is 336 g/mol. The molecule has 2 atom stereocenters. The summed E-state index contributed by atoms with van der Waals surface area (Å²) in [5.41, 5.74) is 0.949. The second-order valence-corrected chi connectivity index (χ2v) is 6.76. The van der Waals surface area contributed by atoms with E-state index in [1.54, 1.807) is 19.2 Å². The minimum atomic E-state index is -0.416. The molecule has 0 unspecified atom stereocenters. The van der Waals surface area contributed by atoms with Crippen molar-refractivity contribution in [1.82, 2.24) is 4.90 Å². The third kappa shape index (κ3) is 3.61. The molecule has 3 rings (SSSR count). The number of nitrogens with zero attached hydrogens (tertiary/aromatic N) is 1. The van der Waals surface area contributed by atoms with Crippen LogP contribution in [0.4, 0.5) is 10.1 Å². The monoisotopic (exact) mass is 336 g/mol. The first-order chi connectivity index (χ1) is 11.5. The van der Waals surface area contributed by atoms with E-state index in [0.29, 0.717) is 6.54 Å². The molecular weight excluding hydrogens is 311 g/mol. The number of methoxy groups -OCH3 is 1. The van der Waals surface area contributed by atoms with Gasteiger partial charge in [0.05, 0.1) is 23.9 Å². The highest BCUT2D eigenvalue weighted by molar-refractivity contribution is 5.92. The Hall–Kier alpha value is -1.50. The Balaban J connectivity index is 1.58. The summed E-state index contributed by atoms with van der Waals surface area (Å²) in [6.45, 7) is 4.31. The van der Waals surface area contributed by atoms with E-state index in [9.17, 15) is 9.18 Å². The minimum Gasteiger partial charge on any atom is -0.377 e. The Morgan fingerprint density at radius 3 is 3.04 bits per heavy atom. The summed E-state index contributed by atoms with van der Waals surface area (Å²) in [6, 6.07) is 4.69. The zero-order valence-corrected chi connectivity index (χ0v) is 14.3. The first-order valence-electron chi connectivity index (χ1n) is 8.47. The maximum Gasteiger partial charge on any atom is 0.238 e. The van der Waals surface area contributed by atoms with E-state index in [-0.39, 0.29) is 29.8 Å². The molecule has 0 aliphatic carbocycles. The van der Waals surface area contributed by atoms with Crippen LogP contribution in [0.15, 0.2) is 18.2 Å². The molecule has 5 nitrogen and oxygen atoms in total. The van der Waals surface area contributed by atoms with Gasteiger partial charge in [0.15, 0.2) is 0 Å². The van der Waals surface area contributed by atoms with E-state index in [4.69, 9.17) is 9.47 Å². The van der Waals surface area contributed by atoms with E-state index < -0.39 is 5.82 Å². The quantitative estimate of drug-likeness (QED) is 0.917. The summed E-state index contributed by atoms with van der Waals surface area (Å²) in [6.07, 6.45) is 2.90. The lowest BCUT2D eigenvalue weighted by atomic mass is 9.86. The van der Waals surface area contributed by atoms with Gasteiger partial charge in [-0.1, -0.05) is 6.07 Å². The number of likely N-dealkylation sites (tertiary alicyclic amines) is 1. The summed E-state index contributed by atoms with van der Waals surface area (Å²) in [5, 5.41) is 2.66. The number of rotatable bonds is 4. The third-order valence-corrected chi connectivity index (χ3v) is 5.04. The van der Waals surface area contributed by atoms with Crippen LogP contribution in [-0.4, -0.2) is 55.9 Å². The van der Waals surface area contributed by atoms with Crippen molar-refractivity contribution in [3.63, 3.8) is 0 Å². The standard InChI is InChI=1S/C18H25FN2O3/c1-13-4-5-14(19)15(10-13)20-17(22)12-21-8-7-18(6-3-9-24-18)16(11-21)23-2/h4-5,10,16H,3,6-9,11-12H2,1-2H3,(H,20,22)/t16-,18-/m1/s1. The fourth-order valence-corrected chi connectivity index (χ4v) is 3.73. The first-order valence-corrected chi connectivity index (χ1v) is 8.47. The van der Waals surface area contributed by atoms with E-state index in [1.807, 2.05) is 11.8 Å². The van der Waals surface area contributed by atoms with Crippen molar-refractivity contribution >= 4 is 11.6 Å². The van der Waals surface area contributed by atoms with Gasteiger partial charge >= 0.3 is 0 Å². The SMILES string of the molecule is CO[C@@H]1CN(CC(=O)Nc2cc(C)ccc2F)CC[C@]12CCCO2. The molecule has 0 saturated carbocycles. The van der Waals surface area contributed by atoms with Crippen LogP contribution < -0.4 is 5.32 Å². The molecule has 1 amide bonds. The number of halogens is 1. The number of piperidine rings is 1. The second kappa shape index (κ2) is 7.17. The Kier molecular flexibility index (Phi) is 5.18. The largest absolute Gasteiger partial charge is 0.377 e. The van der Waals surface area contributed by atoms with Crippen LogP contribution in [0, 0.1) is 12.7 Å². The average Bonchev–Trinajstić information content (AvgIpc) is 3.02. The van der Waals surface area contributed by atoms with Crippen LogP contribution in [0.2, 0.25) is 0 Å². The van der Waals surface area contributed by atoms with E-state index in [2.05, 4.69) is 5.32 Å². The molecule has 2 fully saturated rings. The predicted octanol–water partition coefficient (Wildman–Crippen LogP) is 2.34. The Bertz CT molecular complexity index is 602. The molecule has 24 heavy (non-hydrogen) atoms. The maximum atomic E-state index is 13.8. The van der Waals surface area contributed by atoms with Gasteiger partial charge in [-0.05, 0) is 43.9 Å². The molecule has 1 spiro atoms. The molecule has 0 aromatic heterocycles. The molecule has 2 aliphatic rings. The Labute approximate surface area is 142 Å². The third-order valence-electron chi connectivity index (χ3n) is 5.04. The fourth-order valence-electron chi connectivity index (χ4n) is 3.73. The van der Waals surface area contributed by atoms with Gasteiger partial charge in [-0.15, -0.1) is 0 Å². The van der Waals surface area contributed by atoms with Crippen molar-refractivity contribution in [2.24, 2.45) is 0 Å². The smallest absolute Gasteiger partial charge is 0.238 e. The van der Waals surface area contributed by atoms with Gasteiger partial charge in [-0.25, -0.2) is 4.39 Å². The zero-order chi connectivity index (χ0) is 17.2. The van der Waals surface area contributed by atoms with Gasteiger partial charge < -0.3 is 14.8 Å². The van der Waals surface area contributed by atoms with Crippen molar-refractivity contribution < 1.29 is 18.7 Å².